The summed E-state index contributed by atoms with van der Waals surface area (Å²) in [6, 6.07) is 3.98. The highest BCUT2D eigenvalue weighted by Gasteiger charge is 2.05. The number of nitrogens with two attached hydrogens (primary N) is 1. The van der Waals surface area contributed by atoms with E-state index < -0.39 is 0 Å². The third kappa shape index (κ3) is 2.23. The fraction of sp³-hybridized carbons (Fsp3) is 0.250. The van der Waals surface area contributed by atoms with E-state index in [1.54, 1.807) is 7.11 Å². The molecule has 12 heavy (non-hydrogen) atoms. The summed E-state index contributed by atoms with van der Waals surface area (Å²) in [7, 11) is 1.67. The predicted octanol–water partition coefficient (Wildman–Crippen LogP) is 2.36. The minimum absolute atomic E-state index is 0.584. The second kappa shape index (κ2) is 4.61. The molecule has 0 atom stereocenters. The molecule has 0 saturated heterocycles. The second-order valence-corrected chi connectivity index (χ2v) is 4.60. The Morgan fingerprint density at radius 1 is 1.33 bits per heavy atom. The van der Waals surface area contributed by atoms with Gasteiger partial charge < -0.3 is 10.5 Å². The van der Waals surface area contributed by atoms with E-state index in [1.807, 2.05) is 12.1 Å². The van der Waals surface area contributed by atoms with Gasteiger partial charge in [-0.15, -0.1) is 0 Å². The number of ether oxygens (including phenoxy) is 1. The van der Waals surface area contributed by atoms with Crippen molar-refractivity contribution in [2.24, 2.45) is 5.73 Å². The lowest BCUT2D eigenvalue weighted by Crippen LogP contribution is -2.02. The van der Waals surface area contributed by atoms with E-state index in [-0.39, 0.29) is 0 Å². The minimum atomic E-state index is 0.584. The molecule has 0 aromatic heterocycles. The Morgan fingerprint density at radius 2 is 1.83 bits per heavy atom. The molecule has 0 bridgehead atoms. The average Bonchev–Trinajstić information content (AvgIpc) is 2.03. The molecule has 2 N–H and O–H groups in total. The third-order valence-corrected chi connectivity index (χ3v) is 3.48. The van der Waals surface area contributed by atoms with Crippen molar-refractivity contribution < 1.29 is 4.74 Å². The first-order chi connectivity index (χ1) is 5.69. The van der Waals surface area contributed by atoms with Gasteiger partial charge in [-0.05, 0) is 62.9 Å². The smallest absolute Gasteiger partial charge is 0.120 e. The Morgan fingerprint density at radius 3 is 2.17 bits per heavy atom. The van der Waals surface area contributed by atoms with Crippen LogP contribution >= 0.6 is 45.2 Å². The van der Waals surface area contributed by atoms with E-state index in [0.717, 1.165) is 5.75 Å². The summed E-state index contributed by atoms with van der Waals surface area (Å²) in [5.74, 6) is 0.890. The molecule has 0 radical (unpaired) electrons. The number of methoxy groups -OCH3 is 1. The molecule has 0 unspecified atom stereocenters. The Kier molecular flexibility index (Phi) is 4.04. The van der Waals surface area contributed by atoms with Gasteiger partial charge in [0.25, 0.3) is 0 Å². The first kappa shape index (κ1) is 10.5. The molecule has 0 heterocycles. The number of hydrogen-bond acceptors (Lipinski definition) is 2. The van der Waals surface area contributed by atoms with Crippen LogP contribution in [0, 0.1) is 7.14 Å². The molecule has 4 heteroatoms. The van der Waals surface area contributed by atoms with Gasteiger partial charge in [0, 0.05) is 13.7 Å². The van der Waals surface area contributed by atoms with Crippen molar-refractivity contribution in [2.45, 2.75) is 6.54 Å². The van der Waals surface area contributed by atoms with E-state index >= 15 is 0 Å². The largest absolute Gasteiger partial charge is 0.497 e. The maximum absolute atomic E-state index is 5.59. The number of rotatable bonds is 2. The Labute approximate surface area is 99.1 Å². The highest BCUT2D eigenvalue weighted by molar-refractivity contribution is 14.1. The normalized spacial score (nSPS) is 10.0. The molecule has 66 valence electrons. The molecule has 0 spiro atoms. The van der Waals surface area contributed by atoms with E-state index in [1.165, 1.54) is 12.7 Å². The number of halogens is 2. The molecule has 0 aliphatic rings. The Balaban J connectivity index is 3.18. The van der Waals surface area contributed by atoms with Crippen molar-refractivity contribution in [1.82, 2.24) is 0 Å². The average molecular weight is 389 g/mol. The Hall–Kier alpha value is 0.440. The fourth-order valence-electron chi connectivity index (χ4n) is 0.893. The quantitative estimate of drug-likeness (QED) is 0.789. The lowest BCUT2D eigenvalue weighted by atomic mass is 10.2. The topological polar surface area (TPSA) is 35.2 Å². The highest BCUT2D eigenvalue weighted by atomic mass is 127. The standard InChI is InChI=1S/C8H9I2NO/c1-12-5-2-7(9)6(4-11)8(10)3-5/h2-3H,4,11H2,1H3. The number of benzene rings is 1. The fourth-order valence-corrected chi connectivity index (χ4v) is 3.04. The van der Waals surface area contributed by atoms with E-state index in [4.69, 9.17) is 10.5 Å². The molecule has 0 saturated carbocycles. The van der Waals surface area contributed by atoms with Crippen LogP contribution in [0.3, 0.4) is 0 Å². The zero-order valence-corrected chi connectivity index (χ0v) is 10.9. The van der Waals surface area contributed by atoms with Crippen LogP contribution in [-0.2, 0) is 6.54 Å². The number of hydrogen-bond donors (Lipinski definition) is 1. The summed E-state index contributed by atoms with van der Waals surface area (Å²) in [6.45, 7) is 0.584. The van der Waals surface area contributed by atoms with E-state index in [2.05, 4.69) is 45.2 Å². The van der Waals surface area contributed by atoms with Crippen molar-refractivity contribution in [1.29, 1.82) is 0 Å². The van der Waals surface area contributed by atoms with Crippen molar-refractivity contribution in [3.05, 3.63) is 24.8 Å². The lowest BCUT2D eigenvalue weighted by Gasteiger charge is -2.07. The predicted molar refractivity (Wildman–Crippen MR) is 66.3 cm³/mol. The van der Waals surface area contributed by atoms with Crippen LogP contribution in [0.4, 0.5) is 0 Å². The van der Waals surface area contributed by atoms with Gasteiger partial charge in [-0.3, -0.25) is 0 Å². The van der Waals surface area contributed by atoms with Gasteiger partial charge >= 0.3 is 0 Å². The second-order valence-electron chi connectivity index (χ2n) is 2.27. The zero-order valence-electron chi connectivity index (χ0n) is 6.60. The van der Waals surface area contributed by atoms with Crippen molar-refractivity contribution >= 4 is 45.2 Å². The molecular weight excluding hydrogens is 380 g/mol. The van der Waals surface area contributed by atoms with Gasteiger partial charge in [0.05, 0.1) is 7.11 Å². The van der Waals surface area contributed by atoms with Gasteiger partial charge in [0.1, 0.15) is 5.75 Å². The molecule has 1 aromatic carbocycles. The van der Waals surface area contributed by atoms with Crippen LogP contribution in [0.1, 0.15) is 5.56 Å². The molecule has 1 aromatic rings. The molecule has 0 amide bonds. The first-order valence-corrected chi connectivity index (χ1v) is 5.56. The minimum Gasteiger partial charge on any atom is -0.497 e. The van der Waals surface area contributed by atoms with Gasteiger partial charge in [0.15, 0.2) is 0 Å². The molecular formula is C8H9I2NO. The molecule has 2 nitrogen and oxygen atoms in total. The summed E-state index contributed by atoms with van der Waals surface area (Å²) in [6.07, 6.45) is 0. The SMILES string of the molecule is COc1cc(I)c(CN)c(I)c1. The molecule has 1 rings (SSSR count). The Bertz CT molecular complexity index is 265. The summed E-state index contributed by atoms with van der Waals surface area (Å²) in [5.41, 5.74) is 6.78. The summed E-state index contributed by atoms with van der Waals surface area (Å²) >= 11 is 4.54. The highest BCUT2D eigenvalue weighted by Crippen LogP contribution is 2.24. The van der Waals surface area contributed by atoms with Crippen LogP contribution in [0.25, 0.3) is 0 Å². The first-order valence-electron chi connectivity index (χ1n) is 3.41. The van der Waals surface area contributed by atoms with Gasteiger partial charge in [0.2, 0.25) is 0 Å². The van der Waals surface area contributed by atoms with Crippen LogP contribution in [-0.4, -0.2) is 7.11 Å². The summed E-state index contributed by atoms with van der Waals surface area (Å²) in [4.78, 5) is 0. The van der Waals surface area contributed by atoms with Crippen LogP contribution < -0.4 is 10.5 Å². The molecule has 0 fully saturated rings. The van der Waals surface area contributed by atoms with Crippen molar-refractivity contribution in [3.8, 4) is 5.75 Å². The molecule has 0 aliphatic carbocycles. The van der Waals surface area contributed by atoms with Crippen LogP contribution in [0.15, 0.2) is 12.1 Å². The van der Waals surface area contributed by atoms with Crippen LogP contribution in [0.5, 0.6) is 5.75 Å². The monoisotopic (exact) mass is 389 g/mol. The van der Waals surface area contributed by atoms with Crippen molar-refractivity contribution in [3.63, 3.8) is 0 Å². The van der Waals surface area contributed by atoms with Crippen LogP contribution in [0.2, 0.25) is 0 Å². The van der Waals surface area contributed by atoms with Gasteiger partial charge in [-0.1, -0.05) is 0 Å². The van der Waals surface area contributed by atoms with Gasteiger partial charge in [-0.25, -0.2) is 0 Å². The maximum atomic E-state index is 5.59. The summed E-state index contributed by atoms with van der Waals surface area (Å²) in [5, 5.41) is 0. The lowest BCUT2D eigenvalue weighted by molar-refractivity contribution is 0.414. The van der Waals surface area contributed by atoms with Gasteiger partial charge in [-0.2, -0.15) is 0 Å². The summed E-state index contributed by atoms with van der Waals surface area (Å²) < 4.78 is 7.46. The van der Waals surface area contributed by atoms with Crippen molar-refractivity contribution in [2.75, 3.05) is 7.11 Å². The van der Waals surface area contributed by atoms with E-state index in [0.29, 0.717) is 6.54 Å². The zero-order chi connectivity index (χ0) is 9.14. The third-order valence-electron chi connectivity index (χ3n) is 1.55. The molecule has 0 aliphatic heterocycles. The van der Waals surface area contributed by atoms with E-state index in [9.17, 15) is 0 Å². The maximum Gasteiger partial charge on any atom is 0.120 e.